The normalized spacial score (nSPS) is 17.4. The topological polar surface area (TPSA) is 41.6 Å². The fraction of sp³-hybridized carbons (Fsp3) is 0.350. The molecule has 2 aromatic carbocycles. The smallest absolute Gasteiger partial charge is 0.411 e. The van der Waals surface area contributed by atoms with Gasteiger partial charge in [-0.1, -0.05) is 30.3 Å². The van der Waals surface area contributed by atoms with Crippen LogP contribution >= 0.6 is 0 Å². The molecule has 25 heavy (non-hydrogen) atoms. The van der Waals surface area contributed by atoms with Gasteiger partial charge in [-0.3, -0.25) is 5.32 Å². The average Bonchev–Trinajstić information content (AvgIpc) is 3.00. The Balaban J connectivity index is 1.60. The van der Waals surface area contributed by atoms with Gasteiger partial charge in [0.1, 0.15) is 5.82 Å². The first-order valence-corrected chi connectivity index (χ1v) is 8.62. The number of anilines is 1. The first kappa shape index (κ1) is 17.4. The zero-order valence-electron chi connectivity index (χ0n) is 14.4. The molecule has 0 aromatic heterocycles. The second-order valence-electron chi connectivity index (χ2n) is 6.38. The Morgan fingerprint density at radius 1 is 1.28 bits per heavy atom. The van der Waals surface area contributed by atoms with Crippen LogP contribution in [0.4, 0.5) is 14.9 Å². The highest BCUT2D eigenvalue weighted by molar-refractivity contribution is 5.91. The van der Waals surface area contributed by atoms with Crippen molar-refractivity contribution in [2.75, 3.05) is 25.5 Å². The number of rotatable bonds is 5. The zero-order chi connectivity index (χ0) is 17.6. The number of benzene rings is 2. The van der Waals surface area contributed by atoms with Gasteiger partial charge in [-0.2, -0.15) is 0 Å². The van der Waals surface area contributed by atoms with Crippen LogP contribution in [0.5, 0.6) is 0 Å². The third-order valence-electron chi connectivity index (χ3n) is 4.66. The summed E-state index contributed by atoms with van der Waals surface area (Å²) in [6.07, 6.45) is 2.72. The maximum absolute atomic E-state index is 13.5. The number of carbonyl (C=O) groups is 1. The molecule has 1 amide bonds. The highest BCUT2D eigenvalue weighted by Gasteiger charge is 2.20. The summed E-state index contributed by atoms with van der Waals surface area (Å²) in [4.78, 5) is 14.4. The van der Waals surface area contributed by atoms with Crippen molar-refractivity contribution in [3.8, 4) is 11.1 Å². The zero-order valence-corrected chi connectivity index (χ0v) is 14.4. The number of amides is 1. The van der Waals surface area contributed by atoms with Crippen LogP contribution in [0.1, 0.15) is 19.3 Å². The molecular formula is C20H23FN2O2. The third kappa shape index (κ3) is 4.57. The molecule has 5 heteroatoms. The number of halogens is 1. The van der Waals surface area contributed by atoms with Crippen LogP contribution < -0.4 is 5.32 Å². The van der Waals surface area contributed by atoms with E-state index in [0.29, 0.717) is 23.9 Å². The predicted octanol–water partition coefficient (Wildman–Crippen LogP) is 4.53. The molecule has 1 aliphatic rings. The number of ether oxygens (including phenoxy) is 1. The van der Waals surface area contributed by atoms with Crippen molar-refractivity contribution in [1.82, 2.24) is 4.90 Å². The molecule has 0 radical (unpaired) electrons. The van der Waals surface area contributed by atoms with E-state index in [1.54, 1.807) is 12.1 Å². The minimum Gasteiger partial charge on any atom is -0.449 e. The number of hydrogen-bond acceptors (Lipinski definition) is 3. The van der Waals surface area contributed by atoms with E-state index in [2.05, 4.69) is 17.3 Å². The second kappa shape index (κ2) is 8.12. The van der Waals surface area contributed by atoms with Crippen LogP contribution in [0.25, 0.3) is 11.1 Å². The molecule has 0 spiro atoms. The summed E-state index contributed by atoms with van der Waals surface area (Å²) in [5.41, 5.74) is 2.08. The van der Waals surface area contributed by atoms with E-state index in [4.69, 9.17) is 4.74 Å². The molecule has 1 saturated heterocycles. The van der Waals surface area contributed by atoms with Gasteiger partial charge in [0, 0.05) is 11.6 Å². The van der Waals surface area contributed by atoms with Crippen LogP contribution in [0.3, 0.4) is 0 Å². The van der Waals surface area contributed by atoms with Crippen molar-refractivity contribution in [1.29, 1.82) is 0 Å². The highest BCUT2D eigenvalue weighted by atomic mass is 19.1. The lowest BCUT2D eigenvalue weighted by Crippen LogP contribution is -2.27. The molecule has 1 N–H and O–H groups in total. The second-order valence-corrected chi connectivity index (χ2v) is 6.38. The molecule has 3 rings (SSSR count). The first-order valence-electron chi connectivity index (χ1n) is 8.62. The van der Waals surface area contributed by atoms with Gasteiger partial charge in [0.15, 0.2) is 0 Å². The van der Waals surface area contributed by atoms with Gasteiger partial charge in [-0.15, -0.1) is 0 Å². The monoisotopic (exact) mass is 342 g/mol. The van der Waals surface area contributed by atoms with Crippen LogP contribution in [-0.2, 0) is 4.74 Å². The summed E-state index contributed by atoms with van der Waals surface area (Å²) in [6, 6.07) is 14.1. The quantitative estimate of drug-likeness (QED) is 0.868. The highest BCUT2D eigenvalue weighted by Crippen LogP contribution is 2.28. The summed E-state index contributed by atoms with van der Waals surface area (Å²) < 4.78 is 18.8. The molecule has 4 nitrogen and oxygen atoms in total. The number of likely N-dealkylation sites (tertiary alicyclic amines) is 1. The molecular weight excluding hydrogens is 319 g/mol. The first-order chi connectivity index (χ1) is 12.1. The Kier molecular flexibility index (Phi) is 5.66. The minimum absolute atomic E-state index is 0.310. The SMILES string of the molecule is CN1CCCC1CCOC(=O)Nc1ccccc1-c1cccc(F)c1. The van der Waals surface area contributed by atoms with Gasteiger partial charge in [0.2, 0.25) is 0 Å². The fourth-order valence-electron chi connectivity index (χ4n) is 3.28. The number of hydrogen-bond donors (Lipinski definition) is 1. The summed E-state index contributed by atoms with van der Waals surface area (Å²) >= 11 is 0. The van der Waals surface area contributed by atoms with E-state index in [1.165, 1.54) is 18.6 Å². The largest absolute Gasteiger partial charge is 0.449 e. The van der Waals surface area contributed by atoms with Crippen LogP contribution in [0, 0.1) is 5.82 Å². The van der Waals surface area contributed by atoms with E-state index >= 15 is 0 Å². The maximum Gasteiger partial charge on any atom is 0.411 e. The van der Waals surface area contributed by atoms with Gasteiger partial charge in [-0.25, -0.2) is 9.18 Å². The number of para-hydroxylation sites is 1. The lowest BCUT2D eigenvalue weighted by Gasteiger charge is -2.19. The van der Waals surface area contributed by atoms with Gasteiger partial charge in [0.05, 0.1) is 12.3 Å². The molecule has 1 heterocycles. The lowest BCUT2D eigenvalue weighted by molar-refractivity contribution is 0.147. The van der Waals surface area contributed by atoms with E-state index in [1.807, 2.05) is 24.3 Å². The van der Waals surface area contributed by atoms with Gasteiger partial charge >= 0.3 is 6.09 Å². The molecule has 1 unspecified atom stereocenters. The Bertz CT molecular complexity index is 735. The van der Waals surface area contributed by atoms with Crippen molar-refractivity contribution in [3.05, 3.63) is 54.3 Å². The average molecular weight is 342 g/mol. The van der Waals surface area contributed by atoms with Crippen molar-refractivity contribution >= 4 is 11.8 Å². The van der Waals surface area contributed by atoms with Crippen molar-refractivity contribution in [3.63, 3.8) is 0 Å². The predicted molar refractivity (Wildman–Crippen MR) is 97.1 cm³/mol. The summed E-state index contributed by atoms with van der Waals surface area (Å²) in [5, 5.41) is 2.77. The van der Waals surface area contributed by atoms with Gasteiger partial charge < -0.3 is 9.64 Å². The molecule has 1 fully saturated rings. The molecule has 1 atom stereocenters. The lowest BCUT2D eigenvalue weighted by atomic mass is 10.0. The van der Waals surface area contributed by atoms with Crippen LogP contribution in [0.15, 0.2) is 48.5 Å². The maximum atomic E-state index is 13.5. The Hall–Kier alpha value is -2.40. The van der Waals surface area contributed by atoms with E-state index in [9.17, 15) is 9.18 Å². The van der Waals surface area contributed by atoms with Gasteiger partial charge in [0.25, 0.3) is 0 Å². The Morgan fingerprint density at radius 3 is 2.88 bits per heavy atom. The molecule has 132 valence electrons. The van der Waals surface area contributed by atoms with E-state index < -0.39 is 6.09 Å². The molecule has 2 aromatic rings. The van der Waals surface area contributed by atoms with Crippen molar-refractivity contribution in [2.45, 2.75) is 25.3 Å². The summed E-state index contributed by atoms with van der Waals surface area (Å²) in [7, 11) is 2.10. The van der Waals surface area contributed by atoms with Gasteiger partial charge in [-0.05, 0) is 56.6 Å². The standard InChI is InChI=1S/C20H23FN2O2/c1-23-12-5-8-17(23)11-13-25-20(24)22-19-10-3-2-9-18(19)15-6-4-7-16(21)14-15/h2-4,6-7,9-10,14,17H,5,8,11-13H2,1H3,(H,22,24). The molecule has 0 bridgehead atoms. The van der Waals surface area contributed by atoms with E-state index in [0.717, 1.165) is 24.9 Å². The molecule has 1 aliphatic heterocycles. The number of carbonyl (C=O) groups excluding carboxylic acids is 1. The van der Waals surface area contributed by atoms with Crippen LogP contribution in [0.2, 0.25) is 0 Å². The van der Waals surface area contributed by atoms with Crippen molar-refractivity contribution in [2.24, 2.45) is 0 Å². The van der Waals surface area contributed by atoms with Crippen molar-refractivity contribution < 1.29 is 13.9 Å². The Labute approximate surface area is 147 Å². The minimum atomic E-state index is -0.482. The number of nitrogens with one attached hydrogen (secondary N) is 1. The fourth-order valence-corrected chi connectivity index (χ4v) is 3.28. The third-order valence-corrected chi connectivity index (χ3v) is 4.66. The van der Waals surface area contributed by atoms with E-state index in [-0.39, 0.29) is 5.82 Å². The summed E-state index contributed by atoms with van der Waals surface area (Å²) in [6.45, 7) is 1.50. The molecule has 0 saturated carbocycles. The number of nitrogens with zero attached hydrogens (tertiary/aromatic N) is 1. The summed E-state index contributed by atoms with van der Waals surface area (Å²) in [5.74, 6) is -0.310. The van der Waals surface area contributed by atoms with Crippen LogP contribution in [-0.4, -0.2) is 37.2 Å². The molecule has 0 aliphatic carbocycles. The Morgan fingerprint density at radius 2 is 2.12 bits per heavy atom.